The maximum absolute atomic E-state index is 4.13. The van der Waals surface area contributed by atoms with Crippen LogP contribution < -0.4 is 0 Å². The Morgan fingerprint density at radius 2 is 0.848 bits per heavy atom. The minimum absolute atomic E-state index is 0.765. The summed E-state index contributed by atoms with van der Waals surface area (Å²) in [6.45, 7) is 22.6. The van der Waals surface area contributed by atoms with Crippen molar-refractivity contribution in [2.75, 3.05) is 0 Å². The lowest BCUT2D eigenvalue weighted by atomic mass is 9.83. The highest BCUT2D eigenvalue weighted by molar-refractivity contribution is 5.99. The van der Waals surface area contributed by atoms with Crippen LogP contribution in [0.15, 0.2) is 73.1 Å². The molecule has 0 unspecified atom stereocenters. The second kappa shape index (κ2) is 12.7. The molecule has 3 N–H and O–H groups in total. The maximum Gasteiger partial charge on any atom is 0.0548 e. The Balaban J connectivity index is 1.69. The molecule has 0 aliphatic heterocycles. The Kier molecular flexibility index (Phi) is 8.67. The molecule has 0 saturated carbocycles. The number of aromatic nitrogens is 3. The van der Waals surface area contributed by atoms with Crippen molar-refractivity contribution < 1.29 is 0 Å². The zero-order valence-electron chi connectivity index (χ0n) is 29.0. The van der Waals surface area contributed by atoms with Gasteiger partial charge in [0.2, 0.25) is 0 Å². The second-order valence-electron chi connectivity index (χ2n) is 13.6. The van der Waals surface area contributed by atoms with E-state index >= 15 is 0 Å². The molecule has 6 aromatic rings. The summed E-state index contributed by atoms with van der Waals surface area (Å²) >= 11 is 0. The fourth-order valence-corrected chi connectivity index (χ4v) is 7.91. The molecule has 236 valence electrons. The molecule has 0 saturated heterocycles. The number of hydrogen-bond donors (Lipinski definition) is 3. The fraction of sp³-hybridized carbons (Fsp3) is 0.286. The molecule has 0 fully saturated rings. The molecule has 0 bridgehead atoms. The lowest BCUT2D eigenvalue weighted by Gasteiger charge is -2.23. The van der Waals surface area contributed by atoms with Gasteiger partial charge in [0, 0.05) is 65.8 Å². The smallest absolute Gasteiger partial charge is 0.0548 e. The predicted molar refractivity (Wildman–Crippen MR) is 194 cm³/mol. The van der Waals surface area contributed by atoms with Crippen LogP contribution in [0.5, 0.6) is 0 Å². The van der Waals surface area contributed by atoms with Gasteiger partial charge in [0.25, 0.3) is 0 Å². The van der Waals surface area contributed by atoms with Crippen LogP contribution in [0.3, 0.4) is 0 Å². The van der Waals surface area contributed by atoms with E-state index in [1.165, 1.54) is 101 Å². The first-order valence-electron chi connectivity index (χ1n) is 16.5. The van der Waals surface area contributed by atoms with Crippen LogP contribution in [0.4, 0.5) is 0 Å². The monoisotopic (exact) mass is 608 g/mol. The summed E-state index contributed by atoms with van der Waals surface area (Å²) in [5.41, 5.74) is 23.2. The van der Waals surface area contributed by atoms with E-state index in [0.29, 0.717) is 0 Å². The number of aryl methyl sites for hydroxylation is 9. The third-order valence-corrected chi connectivity index (χ3v) is 9.35. The van der Waals surface area contributed by atoms with Crippen LogP contribution in [0.25, 0.3) is 33.5 Å². The molecule has 0 amide bonds. The molecule has 0 atom stereocenters. The standard InChI is InChI=1S/C42H48N4/c1-25-16-28(4)37(29(5)17-25)40-36(24-46(22-34-12-10-14-43-34)23-35-13-11-15-44-35)45-42(39-32(8)20-27(3)21-33(39)9)41(40)38-30(6)18-26(2)19-31(38)7/h10-21,43-45H,22-24H2,1-9H3. The Morgan fingerprint density at radius 1 is 0.457 bits per heavy atom. The van der Waals surface area contributed by atoms with Crippen LogP contribution in [-0.2, 0) is 19.6 Å². The summed E-state index contributed by atoms with van der Waals surface area (Å²) in [4.78, 5) is 13.6. The highest BCUT2D eigenvalue weighted by atomic mass is 15.1. The average Bonchev–Trinajstić information content (AvgIpc) is 3.72. The van der Waals surface area contributed by atoms with Crippen molar-refractivity contribution >= 4 is 0 Å². The van der Waals surface area contributed by atoms with Gasteiger partial charge in [-0.2, -0.15) is 0 Å². The van der Waals surface area contributed by atoms with Crippen molar-refractivity contribution in [3.8, 4) is 33.5 Å². The zero-order chi connectivity index (χ0) is 32.7. The van der Waals surface area contributed by atoms with Crippen LogP contribution in [-0.4, -0.2) is 19.9 Å². The van der Waals surface area contributed by atoms with E-state index in [9.17, 15) is 0 Å². The number of aromatic amines is 3. The van der Waals surface area contributed by atoms with Crippen molar-refractivity contribution in [3.63, 3.8) is 0 Å². The first-order chi connectivity index (χ1) is 22.0. The molecule has 0 spiro atoms. The lowest BCUT2D eigenvalue weighted by Crippen LogP contribution is -2.23. The van der Waals surface area contributed by atoms with Crippen LogP contribution in [0.2, 0.25) is 0 Å². The molecule has 46 heavy (non-hydrogen) atoms. The van der Waals surface area contributed by atoms with E-state index < -0.39 is 0 Å². The van der Waals surface area contributed by atoms with Gasteiger partial charge in [-0.1, -0.05) is 53.1 Å². The highest BCUT2D eigenvalue weighted by Gasteiger charge is 2.28. The van der Waals surface area contributed by atoms with E-state index in [1.54, 1.807) is 0 Å². The van der Waals surface area contributed by atoms with Gasteiger partial charge < -0.3 is 15.0 Å². The summed E-state index contributed by atoms with van der Waals surface area (Å²) < 4.78 is 0. The van der Waals surface area contributed by atoms with Crippen molar-refractivity contribution in [1.29, 1.82) is 0 Å². The normalized spacial score (nSPS) is 11.6. The maximum atomic E-state index is 4.13. The molecule has 0 aliphatic rings. The molecule has 6 rings (SSSR count). The van der Waals surface area contributed by atoms with Gasteiger partial charge in [-0.05, 0) is 131 Å². The summed E-state index contributed by atoms with van der Waals surface area (Å²) in [5, 5.41) is 0. The molecular formula is C42H48N4. The van der Waals surface area contributed by atoms with Gasteiger partial charge in [-0.15, -0.1) is 0 Å². The van der Waals surface area contributed by atoms with Crippen molar-refractivity contribution in [1.82, 2.24) is 19.9 Å². The molecular weight excluding hydrogens is 560 g/mol. The minimum Gasteiger partial charge on any atom is -0.364 e. The first kappa shape index (κ1) is 31.4. The fourth-order valence-electron chi connectivity index (χ4n) is 7.91. The van der Waals surface area contributed by atoms with Gasteiger partial charge in [-0.3, -0.25) is 4.90 Å². The second-order valence-corrected chi connectivity index (χ2v) is 13.6. The van der Waals surface area contributed by atoms with E-state index in [0.717, 1.165) is 19.6 Å². The van der Waals surface area contributed by atoms with Gasteiger partial charge in [-0.25, -0.2) is 0 Å². The summed E-state index contributed by atoms with van der Waals surface area (Å²) in [7, 11) is 0. The topological polar surface area (TPSA) is 50.6 Å². The number of H-pyrrole nitrogens is 3. The molecule has 4 nitrogen and oxygen atoms in total. The summed E-state index contributed by atoms with van der Waals surface area (Å²) in [6.07, 6.45) is 4.03. The van der Waals surface area contributed by atoms with E-state index in [2.05, 4.69) is 143 Å². The number of hydrogen-bond acceptors (Lipinski definition) is 1. The third kappa shape index (κ3) is 6.15. The van der Waals surface area contributed by atoms with Crippen LogP contribution in [0.1, 0.15) is 67.2 Å². The number of benzene rings is 3. The lowest BCUT2D eigenvalue weighted by molar-refractivity contribution is 0.240. The van der Waals surface area contributed by atoms with Gasteiger partial charge >= 0.3 is 0 Å². The quantitative estimate of drug-likeness (QED) is 0.150. The average molecular weight is 609 g/mol. The molecule has 4 heteroatoms. The van der Waals surface area contributed by atoms with E-state index in [4.69, 9.17) is 0 Å². The summed E-state index contributed by atoms with van der Waals surface area (Å²) in [5.74, 6) is 0. The Labute approximate surface area is 274 Å². The molecule has 0 aliphatic carbocycles. The third-order valence-electron chi connectivity index (χ3n) is 9.35. The highest BCUT2D eigenvalue weighted by Crippen LogP contribution is 2.48. The minimum atomic E-state index is 0.765. The first-order valence-corrected chi connectivity index (χ1v) is 16.5. The van der Waals surface area contributed by atoms with E-state index in [-0.39, 0.29) is 0 Å². The van der Waals surface area contributed by atoms with Crippen molar-refractivity contribution in [2.24, 2.45) is 0 Å². The largest absolute Gasteiger partial charge is 0.364 e. The van der Waals surface area contributed by atoms with Gasteiger partial charge in [0.1, 0.15) is 0 Å². The Morgan fingerprint density at radius 3 is 1.24 bits per heavy atom. The van der Waals surface area contributed by atoms with Crippen LogP contribution >= 0.6 is 0 Å². The predicted octanol–water partition coefficient (Wildman–Crippen LogP) is 10.7. The number of nitrogens with one attached hydrogen (secondary N) is 3. The molecule has 3 aromatic heterocycles. The van der Waals surface area contributed by atoms with Gasteiger partial charge in [0.15, 0.2) is 0 Å². The zero-order valence-corrected chi connectivity index (χ0v) is 29.0. The van der Waals surface area contributed by atoms with Crippen molar-refractivity contribution in [3.05, 3.63) is 140 Å². The molecule has 0 radical (unpaired) electrons. The van der Waals surface area contributed by atoms with Crippen molar-refractivity contribution in [2.45, 2.75) is 81.9 Å². The number of nitrogens with zero attached hydrogens (tertiary/aromatic N) is 1. The summed E-state index contributed by atoms with van der Waals surface area (Å²) in [6, 6.07) is 22.6. The Hall–Kier alpha value is -4.54. The number of rotatable bonds is 9. The van der Waals surface area contributed by atoms with E-state index in [1.807, 2.05) is 12.4 Å². The van der Waals surface area contributed by atoms with Crippen LogP contribution in [0, 0.1) is 62.3 Å². The SMILES string of the molecule is Cc1cc(C)c(-c2[nH]c(CN(Cc3ccc[nH]3)Cc3ccc[nH]3)c(-c3c(C)cc(C)cc3C)c2-c2c(C)cc(C)cc2C)c(C)c1. The van der Waals surface area contributed by atoms with Gasteiger partial charge in [0.05, 0.1) is 5.69 Å². The Bertz CT molecular complexity index is 1900. The molecule has 3 heterocycles. The molecule has 3 aromatic carbocycles.